The summed E-state index contributed by atoms with van der Waals surface area (Å²) in [4.78, 5) is 4.51. The van der Waals surface area contributed by atoms with E-state index in [1.54, 1.807) is 6.20 Å². The highest BCUT2D eigenvalue weighted by molar-refractivity contribution is 5.80. The molecule has 1 aliphatic rings. The molecule has 4 rings (SSSR count). The normalized spacial score (nSPS) is 20.2. The van der Waals surface area contributed by atoms with E-state index in [0.29, 0.717) is 12.1 Å². The van der Waals surface area contributed by atoms with Crippen molar-refractivity contribution in [3.63, 3.8) is 0 Å². The van der Waals surface area contributed by atoms with Crippen LogP contribution in [0, 0.1) is 0 Å². The van der Waals surface area contributed by atoms with Crippen molar-refractivity contribution < 1.29 is 0 Å². The molecule has 1 fully saturated rings. The maximum absolute atomic E-state index is 6.05. The van der Waals surface area contributed by atoms with E-state index in [9.17, 15) is 0 Å². The summed E-state index contributed by atoms with van der Waals surface area (Å²) < 4.78 is 1.85. The van der Waals surface area contributed by atoms with Crippen LogP contribution in [0.5, 0.6) is 0 Å². The minimum Gasteiger partial charge on any atom is -0.366 e. The highest BCUT2D eigenvalue weighted by atomic mass is 15.3. The number of nitrogens with two attached hydrogens (primary N) is 1. The standard InChI is InChI=1S/C20H26N6/c1-2-17-18(23-15-6-4-3-5-7-15)20-22-12-13-26(20)25-19(17)24-16-10-8-14(21)9-11-16/h3-7,12-14,16,23H,2,8-11,21H2,1H3,(H,24,25). The molecule has 26 heavy (non-hydrogen) atoms. The third kappa shape index (κ3) is 3.37. The quantitative estimate of drug-likeness (QED) is 0.653. The van der Waals surface area contributed by atoms with Crippen LogP contribution in [0.4, 0.5) is 17.2 Å². The predicted octanol–water partition coefficient (Wildman–Crippen LogP) is 3.72. The summed E-state index contributed by atoms with van der Waals surface area (Å²) in [5.41, 5.74) is 10.1. The first kappa shape index (κ1) is 16.8. The van der Waals surface area contributed by atoms with Gasteiger partial charge in [-0.3, -0.25) is 0 Å². The molecule has 1 saturated carbocycles. The van der Waals surface area contributed by atoms with Crippen molar-refractivity contribution in [1.82, 2.24) is 14.6 Å². The van der Waals surface area contributed by atoms with E-state index in [0.717, 1.165) is 54.9 Å². The minimum absolute atomic E-state index is 0.345. The van der Waals surface area contributed by atoms with Crippen molar-refractivity contribution in [2.24, 2.45) is 5.73 Å². The Kier molecular flexibility index (Phi) is 4.75. The Balaban J connectivity index is 1.71. The number of nitrogens with one attached hydrogen (secondary N) is 2. The first-order valence-corrected chi connectivity index (χ1v) is 9.45. The number of para-hydroxylation sites is 1. The molecular weight excluding hydrogens is 324 g/mol. The third-order valence-corrected chi connectivity index (χ3v) is 5.15. The lowest BCUT2D eigenvalue weighted by Crippen LogP contribution is -2.33. The van der Waals surface area contributed by atoms with E-state index in [4.69, 9.17) is 10.8 Å². The van der Waals surface area contributed by atoms with Gasteiger partial charge in [0.2, 0.25) is 0 Å². The van der Waals surface area contributed by atoms with Crippen LogP contribution in [0.15, 0.2) is 42.7 Å². The lowest BCUT2D eigenvalue weighted by Gasteiger charge is -2.28. The Morgan fingerprint density at radius 2 is 1.92 bits per heavy atom. The predicted molar refractivity (Wildman–Crippen MR) is 106 cm³/mol. The monoisotopic (exact) mass is 350 g/mol. The van der Waals surface area contributed by atoms with Crippen LogP contribution in [0.1, 0.15) is 38.2 Å². The number of aromatic nitrogens is 3. The van der Waals surface area contributed by atoms with Crippen molar-refractivity contribution in [3.8, 4) is 0 Å². The first-order valence-electron chi connectivity index (χ1n) is 9.45. The molecule has 2 heterocycles. The van der Waals surface area contributed by atoms with E-state index in [1.165, 1.54) is 5.56 Å². The number of rotatable bonds is 5. The van der Waals surface area contributed by atoms with Crippen molar-refractivity contribution in [1.29, 1.82) is 0 Å². The second-order valence-electron chi connectivity index (χ2n) is 7.00. The van der Waals surface area contributed by atoms with Crippen LogP contribution in [0.25, 0.3) is 5.65 Å². The van der Waals surface area contributed by atoms with E-state index in [-0.39, 0.29) is 0 Å². The van der Waals surface area contributed by atoms with Gasteiger partial charge in [0.05, 0.1) is 5.69 Å². The van der Waals surface area contributed by atoms with Crippen LogP contribution >= 0.6 is 0 Å². The van der Waals surface area contributed by atoms with Gasteiger partial charge < -0.3 is 16.4 Å². The molecule has 0 spiro atoms. The second kappa shape index (κ2) is 7.33. The number of anilines is 3. The first-order chi connectivity index (χ1) is 12.7. The van der Waals surface area contributed by atoms with Gasteiger partial charge in [-0.25, -0.2) is 9.50 Å². The number of fused-ring (bicyclic) bond motifs is 1. The van der Waals surface area contributed by atoms with E-state index in [2.05, 4.69) is 34.7 Å². The molecule has 2 aromatic heterocycles. The fourth-order valence-electron chi connectivity index (χ4n) is 3.69. The molecule has 0 saturated heterocycles. The topological polar surface area (TPSA) is 80.3 Å². The number of imidazole rings is 1. The van der Waals surface area contributed by atoms with Gasteiger partial charge >= 0.3 is 0 Å². The molecule has 0 bridgehead atoms. The zero-order chi connectivity index (χ0) is 17.9. The fourth-order valence-corrected chi connectivity index (χ4v) is 3.69. The molecule has 1 aliphatic carbocycles. The molecule has 3 aromatic rings. The Morgan fingerprint density at radius 1 is 1.15 bits per heavy atom. The fraction of sp³-hybridized carbons (Fsp3) is 0.400. The Labute approximate surface area is 153 Å². The van der Waals surface area contributed by atoms with Gasteiger partial charge in [-0.05, 0) is 44.2 Å². The van der Waals surface area contributed by atoms with E-state index < -0.39 is 0 Å². The van der Waals surface area contributed by atoms with Crippen LogP contribution in [0.2, 0.25) is 0 Å². The second-order valence-corrected chi connectivity index (χ2v) is 7.00. The Morgan fingerprint density at radius 3 is 2.65 bits per heavy atom. The van der Waals surface area contributed by atoms with Crippen LogP contribution < -0.4 is 16.4 Å². The van der Waals surface area contributed by atoms with Crippen LogP contribution in [-0.2, 0) is 6.42 Å². The molecule has 0 atom stereocenters. The lowest BCUT2D eigenvalue weighted by molar-refractivity contribution is 0.410. The molecule has 0 aliphatic heterocycles. The Hall–Kier alpha value is -2.60. The molecule has 4 N–H and O–H groups in total. The average molecular weight is 350 g/mol. The molecule has 0 radical (unpaired) electrons. The molecule has 6 heteroatoms. The van der Waals surface area contributed by atoms with Gasteiger partial charge in [0.15, 0.2) is 11.5 Å². The molecule has 136 valence electrons. The van der Waals surface area contributed by atoms with E-state index >= 15 is 0 Å². The zero-order valence-corrected chi connectivity index (χ0v) is 15.2. The number of benzene rings is 1. The number of hydrogen-bond acceptors (Lipinski definition) is 5. The van der Waals surface area contributed by atoms with Crippen molar-refractivity contribution >= 4 is 22.8 Å². The molecule has 0 amide bonds. The summed E-state index contributed by atoms with van der Waals surface area (Å²) >= 11 is 0. The van der Waals surface area contributed by atoms with Crippen molar-refractivity contribution in [3.05, 3.63) is 48.3 Å². The minimum atomic E-state index is 0.345. The van der Waals surface area contributed by atoms with Gasteiger partial charge in [0, 0.05) is 35.7 Å². The summed E-state index contributed by atoms with van der Waals surface area (Å²) in [7, 11) is 0. The SMILES string of the molecule is CCc1c(NC2CCC(N)CC2)nn2ccnc2c1Nc1ccccc1. The maximum Gasteiger partial charge on any atom is 0.177 e. The molecular formula is C20H26N6. The maximum atomic E-state index is 6.05. The van der Waals surface area contributed by atoms with E-state index in [1.807, 2.05) is 28.9 Å². The highest BCUT2D eigenvalue weighted by Crippen LogP contribution is 2.31. The number of hydrogen-bond donors (Lipinski definition) is 3. The smallest absolute Gasteiger partial charge is 0.177 e. The zero-order valence-electron chi connectivity index (χ0n) is 15.2. The molecule has 6 nitrogen and oxygen atoms in total. The summed E-state index contributed by atoms with van der Waals surface area (Å²) in [6.45, 7) is 2.16. The highest BCUT2D eigenvalue weighted by Gasteiger charge is 2.22. The van der Waals surface area contributed by atoms with Gasteiger partial charge in [-0.1, -0.05) is 25.1 Å². The summed E-state index contributed by atoms with van der Waals surface area (Å²) in [6, 6.07) is 11.0. The largest absolute Gasteiger partial charge is 0.366 e. The summed E-state index contributed by atoms with van der Waals surface area (Å²) in [5.74, 6) is 0.942. The average Bonchev–Trinajstić information content (AvgIpc) is 3.13. The lowest BCUT2D eigenvalue weighted by atomic mass is 9.91. The van der Waals surface area contributed by atoms with Crippen LogP contribution in [0.3, 0.4) is 0 Å². The van der Waals surface area contributed by atoms with Gasteiger partial charge in [0.1, 0.15) is 0 Å². The molecule has 1 aromatic carbocycles. The van der Waals surface area contributed by atoms with Gasteiger partial charge in [-0.2, -0.15) is 0 Å². The van der Waals surface area contributed by atoms with Crippen LogP contribution in [-0.4, -0.2) is 26.7 Å². The number of nitrogens with zero attached hydrogens (tertiary/aromatic N) is 3. The van der Waals surface area contributed by atoms with Gasteiger partial charge in [0.25, 0.3) is 0 Å². The summed E-state index contributed by atoms with van der Waals surface area (Å²) in [6.07, 6.45) is 8.89. The third-order valence-electron chi connectivity index (χ3n) is 5.15. The Bertz CT molecular complexity index is 865. The molecule has 0 unspecified atom stereocenters. The van der Waals surface area contributed by atoms with Crippen molar-refractivity contribution in [2.75, 3.05) is 10.6 Å². The summed E-state index contributed by atoms with van der Waals surface area (Å²) in [5, 5.41) is 12.0. The van der Waals surface area contributed by atoms with Gasteiger partial charge in [-0.15, -0.1) is 5.10 Å². The van der Waals surface area contributed by atoms with Crippen molar-refractivity contribution in [2.45, 2.75) is 51.1 Å².